The van der Waals surface area contributed by atoms with Crippen molar-refractivity contribution >= 4 is 27.5 Å². The number of aliphatic hydroxyl groups is 2. The molecule has 4 nitrogen and oxygen atoms in total. The third-order valence-electron chi connectivity index (χ3n) is 3.87. The highest BCUT2D eigenvalue weighted by molar-refractivity contribution is 6.09. The summed E-state index contributed by atoms with van der Waals surface area (Å²) in [6.45, 7) is 0. The second-order valence-electron chi connectivity index (χ2n) is 5.34. The van der Waals surface area contributed by atoms with Crippen LogP contribution in [0.3, 0.4) is 0 Å². The molecule has 3 rings (SSSR count). The molecule has 3 N–H and O–H groups in total. The lowest BCUT2D eigenvalue weighted by molar-refractivity contribution is -0.141. The van der Waals surface area contributed by atoms with Gasteiger partial charge in [-0.15, -0.1) is 0 Å². The van der Waals surface area contributed by atoms with Gasteiger partial charge in [0.15, 0.2) is 0 Å². The minimum absolute atomic E-state index is 0.498. The average Bonchev–Trinajstić information content (AvgIpc) is 2.52. The molecule has 0 bridgehead atoms. The first-order valence-electron chi connectivity index (χ1n) is 7.06. The van der Waals surface area contributed by atoms with Crippen LogP contribution in [0.1, 0.15) is 18.1 Å². The number of aliphatic carboxylic acids is 1. The highest BCUT2D eigenvalue weighted by Crippen LogP contribution is 2.33. The van der Waals surface area contributed by atoms with Crippen LogP contribution in [0.4, 0.5) is 0 Å². The fourth-order valence-corrected chi connectivity index (χ4v) is 2.83. The molecular formula is C18H16O4. The predicted molar refractivity (Wildman–Crippen MR) is 84.7 cm³/mol. The lowest BCUT2D eigenvalue weighted by Gasteiger charge is -2.19. The van der Waals surface area contributed by atoms with Gasteiger partial charge in [0.1, 0.15) is 6.10 Å². The van der Waals surface area contributed by atoms with Crippen LogP contribution in [0.25, 0.3) is 21.5 Å². The molecule has 3 aromatic rings. The normalized spacial score (nSPS) is 14.1. The van der Waals surface area contributed by atoms with E-state index < -0.39 is 24.6 Å². The van der Waals surface area contributed by atoms with Gasteiger partial charge in [0.05, 0.1) is 12.5 Å². The molecule has 0 heterocycles. The fraction of sp³-hybridized carbons (Fsp3) is 0.167. The number of carboxylic acid groups (broad SMARTS) is 1. The molecule has 112 valence electrons. The van der Waals surface area contributed by atoms with Crippen molar-refractivity contribution in [1.82, 2.24) is 0 Å². The van der Waals surface area contributed by atoms with Gasteiger partial charge in [-0.25, -0.2) is 0 Å². The van der Waals surface area contributed by atoms with Gasteiger partial charge in [0, 0.05) is 0 Å². The molecule has 0 aliphatic heterocycles. The van der Waals surface area contributed by atoms with Crippen LogP contribution in [0, 0.1) is 0 Å². The largest absolute Gasteiger partial charge is 0.481 e. The van der Waals surface area contributed by atoms with Gasteiger partial charge in [-0.2, -0.15) is 0 Å². The Morgan fingerprint density at radius 3 is 2.18 bits per heavy atom. The molecule has 2 unspecified atom stereocenters. The zero-order valence-corrected chi connectivity index (χ0v) is 11.8. The summed E-state index contributed by atoms with van der Waals surface area (Å²) in [5, 5.41) is 32.9. The number of carboxylic acids is 1. The number of hydrogen-bond acceptors (Lipinski definition) is 3. The maximum absolute atomic E-state index is 10.8. The summed E-state index contributed by atoms with van der Waals surface area (Å²) in [6, 6.07) is 17.2. The van der Waals surface area contributed by atoms with E-state index in [0.29, 0.717) is 5.56 Å². The monoisotopic (exact) mass is 296 g/mol. The molecule has 0 aliphatic rings. The summed E-state index contributed by atoms with van der Waals surface area (Å²) in [5.41, 5.74) is 0.544. The van der Waals surface area contributed by atoms with Crippen molar-refractivity contribution in [1.29, 1.82) is 0 Å². The Kier molecular flexibility index (Phi) is 3.79. The molecule has 0 saturated carbocycles. The summed E-state index contributed by atoms with van der Waals surface area (Å²) < 4.78 is 0. The Bertz CT molecular complexity index is 841. The number of aliphatic hydroxyl groups excluding tert-OH is 2. The third-order valence-corrected chi connectivity index (χ3v) is 3.87. The van der Waals surface area contributed by atoms with E-state index in [0.717, 1.165) is 21.5 Å². The Morgan fingerprint density at radius 1 is 0.909 bits per heavy atom. The molecule has 0 spiro atoms. The minimum atomic E-state index is -1.35. The van der Waals surface area contributed by atoms with E-state index >= 15 is 0 Å². The molecule has 0 saturated heterocycles. The van der Waals surface area contributed by atoms with Gasteiger partial charge in [0.2, 0.25) is 0 Å². The van der Waals surface area contributed by atoms with Crippen molar-refractivity contribution in [2.24, 2.45) is 0 Å². The van der Waals surface area contributed by atoms with Gasteiger partial charge in [-0.05, 0) is 33.2 Å². The smallest absolute Gasteiger partial charge is 0.306 e. The van der Waals surface area contributed by atoms with Gasteiger partial charge in [0.25, 0.3) is 0 Å². The van der Waals surface area contributed by atoms with Crippen LogP contribution in [-0.2, 0) is 4.79 Å². The first-order chi connectivity index (χ1) is 10.6. The quantitative estimate of drug-likeness (QED) is 0.647. The highest BCUT2D eigenvalue weighted by Gasteiger charge is 2.23. The van der Waals surface area contributed by atoms with Gasteiger partial charge in [-0.3, -0.25) is 4.79 Å². The number of fused-ring (bicyclic) bond motifs is 3. The van der Waals surface area contributed by atoms with Crippen molar-refractivity contribution in [3.05, 3.63) is 60.2 Å². The summed E-state index contributed by atoms with van der Waals surface area (Å²) in [4.78, 5) is 10.8. The van der Waals surface area contributed by atoms with E-state index in [1.54, 1.807) is 0 Å². The maximum Gasteiger partial charge on any atom is 0.306 e. The fourth-order valence-electron chi connectivity index (χ4n) is 2.83. The molecule has 0 aromatic heterocycles. The van der Waals surface area contributed by atoms with Crippen molar-refractivity contribution in [2.75, 3.05) is 0 Å². The van der Waals surface area contributed by atoms with Crippen molar-refractivity contribution in [2.45, 2.75) is 18.6 Å². The lowest BCUT2D eigenvalue weighted by Crippen LogP contribution is -2.22. The van der Waals surface area contributed by atoms with Crippen molar-refractivity contribution in [3.63, 3.8) is 0 Å². The molecule has 22 heavy (non-hydrogen) atoms. The van der Waals surface area contributed by atoms with Crippen LogP contribution in [0.2, 0.25) is 0 Å². The molecule has 0 aliphatic carbocycles. The Hall–Kier alpha value is -2.43. The van der Waals surface area contributed by atoms with Crippen LogP contribution < -0.4 is 0 Å². The second kappa shape index (κ2) is 5.75. The molecule has 0 amide bonds. The molecule has 0 radical (unpaired) electrons. The highest BCUT2D eigenvalue weighted by atomic mass is 16.4. The van der Waals surface area contributed by atoms with Crippen molar-refractivity contribution in [3.8, 4) is 0 Å². The summed E-state index contributed by atoms with van der Waals surface area (Å²) >= 11 is 0. The van der Waals surface area contributed by atoms with Gasteiger partial charge >= 0.3 is 5.97 Å². The Morgan fingerprint density at radius 2 is 1.50 bits per heavy atom. The SMILES string of the molecule is O=C(O)CC(O)C(O)c1cc2ccccc2c2ccccc12. The minimum Gasteiger partial charge on any atom is -0.481 e. The summed E-state index contributed by atoms with van der Waals surface area (Å²) in [5.74, 6) is -1.14. The first-order valence-corrected chi connectivity index (χ1v) is 7.06. The van der Waals surface area contributed by atoms with Crippen molar-refractivity contribution < 1.29 is 20.1 Å². The van der Waals surface area contributed by atoms with Crippen LogP contribution in [-0.4, -0.2) is 27.4 Å². The molecule has 3 aromatic carbocycles. The lowest BCUT2D eigenvalue weighted by atomic mass is 9.92. The predicted octanol–water partition coefficient (Wildman–Crippen LogP) is 2.86. The van der Waals surface area contributed by atoms with E-state index in [1.165, 1.54) is 0 Å². The summed E-state index contributed by atoms with van der Waals surface area (Å²) in [7, 11) is 0. The topological polar surface area (TPSA) is 77.8 Å². The van der Waals surface area contributed by atoms with Crippen LogP contribution in [0.5, 0.6) is 0 Å². The van der Waals surface area contributed by atoms with E-state index in [4.69, 9.17) is 5.11 Å². The third kappa shape index (κ3) is 2.54. The number of rotatable bonds is 4. The molecule has 4 heteroatoms. The van der Waals surface area contributed by atoms with Gasteiger partial charge < -0.3 is 15.3 Å². The molecule has 2 atom stereocenters. The molecule has 0 fully saturated rings. The zero-order chi connectivity index (χ0) is 15.7. The first kappa shape index (κ1) is 14.5. The average molecular weight is 296 g/mol. The molecular weight excluding hydrogens is 280 g/mol. The van der Waals surface area contributed by atoms with Gasteiger partial charge in [-0.1, -0.05) is 48.5 Å². The second-order valence-corrected chi connectivity index (χ2v) is 5.34. The van der Waals surface area contributed by atoms with E-state index in [-0.39, 0.29) is 0 Å². The van der Waals surface area contributed by atoms with E-state index in [1.807, 2.05) is 54.6 Å². The number of carbonyl (C=O) groups is 1. The number of hydrogen-bond donors (Lipinski definition) is 3. The Labute approximate surface area is 127 Å². The zero-order valence-electron chi connectivity index (χ0n) is 11.8. The summed E-state index contributed by atoms with van der Waals surface area (Å²) in [6.07, 6.45) is -3.09. The van der Waals surface area contributed by atoms with E-state index in [2.05, 4.69) is 0 Å². The van der Waals surface area contributed by atoms with Crippen LogP contribution >= 0.6 is 0 Å². The maximum atomic E-state index is 10.8. The van der Waals surface area contributed by atoms with Crippen LogP contribution in [0.15, 0.2) is 54.6 Å². The number of benzene rings is 3. The standard InChI is InChI=1S/C18H16O4/c19-16(10-17(20)21)18(22)15-9-11-5-1-2-6-12(11)13-7-3-4-8-14(13)15/h1-9,16,18-19,22H,10H2,(H,20,21). The van der Waals surface area contributed by atoms with E-state index in [9.17, 15) is 15.0 Å². The Balaban J connectivity index is 2.21.